The molecule has 1 aromatic heterocycles. The topological polar surface area (TPSA) is 92.2 Å². The molecule has 1 rings (SSSR count). The third kappa shape index (κ3) is 2.99. The van der Waals surface area contributed by atoms with Crippen LogP contribution in [0.5, 0.6) is 0 Å². The summed E-state index contributed by atoms with van der Waals surface area (Å²) in [7, 11) is 0. The largest absolute Gasteiger partial charge is 0.480 e. The van der Waals surface area contributed by atoms with E-state index in [0.717, 1.165) is 11.5 Å². The SMILES string of the molecule is CCCC(NC(=O)c1snnc1C)C(=O)O. The van der Waals surface area contributed by atoms with Gasteiger partial charge in [0.25, 0.3) is 5.91 Å². The van der Waals surface area contributed by atoms with Gasteiger partial charge in [0, 0.05) is 0 Å². The molecule has 0 aliphatic carbocycles. The molecule has 0 aromatic carbocycles. The summed E-state index contributed by atoms with van der Waals surface area (Å²) in [6, 6.07) is -0.848. The lowest BCUT2D eigenvalue weighted by atomic mass is 10.1. The second kappa shape index (κ2) is 5.55. The summed E-state index contributed by atoms with van der Waals surface area (Å²) in [5.41, 5.74) is 0.517. The fraction of sp³-hybridized carbons (Fsp3) is 0.556. The van der Waals surface area contributed by atoms with Gasteiger partial charge in [0.2, 0.25) is 0 Å². The molecule has 0 saturated carbocycles. The number of carboxylic acid groups (broad SMARTS) is 1. The van der Waals surface area contributed by atoms with Crippen molar-refractivity contribution < 1.29 is 14.7 Å². The number of hydrogen-bond donors (Lipinski definition) is 2. The number of carboxylic acids is 1. The van der Waals surface area contributed by atoms with Gasteiger partial charge >= 0.3 is 5.97 Å². The van der Waals surface area contributed by atoms with Crippen LogP contribution in [-0.4, -0.2) is 32.6 Å². The molecule has 0 saturated heterocycles. The molecule has 1 unspecified atom stereocenters. The maximum Gasteiger partial charge on any atom is 0.326 e. The van der Waals surface area contributed by atoms with Gasteiger partial charge in [-0.05, 0) is 24.9 Å². The molecular formula is C9H13N3O3S. The van der Waals surface area contributed by atoms with Gasteiger partial charge < -0.3 is 10.4 Å². The zero-order valence-corrected chi connectivity index (χ0v) is 9.87. The van der Waals surface area contributed by atoms with E-state index in [-0.39, 0.29) is 0 Å². The number of aliphatic carboxylic acids is 1. The average Bonchev–Trinajstić information content (AvgIpc) is 2.63. The molecule has 7 heteroatoms. The highest BCUT2D eigenvalue weighted by atomic mass is 32.1. The van der Waals surface area contributed by atoms with Crippen LogP contribution >= 0.6 is 11.5 Å². The third-order valence-corrected chi connectivity index (χ3v) is 2.87. The highest BCUT2D eigenvalue weighted by Gasteiger charge is 2.21. The first-order valence-corrected chi connectivity index (χ1v) is 5.66. The molecule has 0 bridgehead atoms. The van der Waals surface area contributed by atoms with Crippen molar-refractivity contribution in [1.29, 1.82) is 0 Å². The second-order valence-corrected chi connectivity index (χ2v) is 4.09. The van der Waals surface area contributed by atoms with Crippen LogP contribution in [0.2, 0.25) is 0 Å². The van der Waals surface area contributed by atoms with Crippen molar-refractivity contribution in [2.75, 3.05) is 0 Å². The smallest absolute Gasteiger partial charge is 0.326 e. The van der Waals surface area contributed by atoms with E-state index in [0.29, 0.717) is 23.4 Å². The molecule has 0 radical (unpaired) electrons. The van der Waals surface area contributed by atoms with Crippen LogP contribution in [-0.2, 0) is 4.79 Å². The summed E-state index contributed by atoms with van der Waals surface area (Å²) < 4.78 is 3.62. The number of nitrogens with zero attached hydrogens (tertiary/aromatic N) is 2. The second-order valence-electron chi connectivity index (χ2n) is 3.34. The molecule has 0 spiro atoms. The van der Waals surface area contributed by atoms with Gasteiger partial charge in [0.15, 0.2) is 0 Å². The number of nitrogens with one attached hydrogen (secondary N) is 1. The Bertz CT molecular complexity index is 391. The standard InChI is InChI=1S/C9H13N3O3S/c1-3-4-6(9(14)15)10-8(13)7-5(2)11-12-16-7/h6H,3-4H2,1-2H3,(H,10,13)(H,14,15). The number of amides is 1. The Hall–Kier alpha value is -1.50. The number of rotatable bonds is 5. The summed E-state index contributed by atoms with van der Waals surface area (Å²) >= 11 is 0.963. The molecule has 16 heavy (non-hydrogen) atoms. The van der Waals surface area contributed by atoms with Gasteiger partial charge in [0.05, 0.1) is 5.69 Å². The van der Waals surface area contributed by atoms with Crippen LogP contribution in [0.3, 0.4) is 0 Å². The number of hydrogen-bond acceptors (Lipinski definition) is 5. The Morgan fingerprint density at radius 3 is 2.69 bits per heavy atom. The zero-order valence-electron chi connectivity index (χ0n) is 9.06. The number of aryl methyl sites for hydroxylation is 1. The molecule has 1 heterocycles. The van der Waals surface area contributed by atoms with E-state index in [1.165, 1.54) is 0 Å². The minimum absolute atomic E-state index is 0.363. The minimum Gasteiger partial charge on any atom is -0.480 e. The number of carbonyl (C=O) groups excluding carboxylic acids is 1. The van der Waals surface area contributed by atoms with E-state index >= 15 is 0 Å². The quantitative estimate of drug-likeness (QED) is 0.799. The molecule has 0 fully saturated rings. The first-order chi connectivity index (χ1) is 7.56. The molecule has 0 aliphatic rings. The maximum atomic E-state index is 11.7. The molecular weight excluding hydrogens is 230 g/mol. The van der Waals surface area contributed by atoms with Crippen LogP contribution in [0.1, 0.15) is 35.1 Å². The van der Waals surface area contributed by atoms with E-state index in [4.69, 9.17) is 5.11 Å². The molecule has 1 aromatic rings. The normalized spacial score (nSPS) is 12.1. The lowest BCUT2D eigenvalue weighted by Crippen LogP contribution is -2.40. The monoisotopic (exact) mass is 243 g/mol. The Kier molecular flexibility index (Phi) is 4.36. The van der Waals surface area contributed by atoms with Crippen molar-refractivity contribution >= 4 is 23.4 Å². The van der Waals surface area contributed by atoms with Gasteiger partial charge in [-0.25, -0.2) is 4.79 Å². The Balaban J connectivity index is 2.69. The fourth-order valence-corrected chi connectivity index (χ4v) is 1.77. The highest BCUT2D eigenvalue weighted by Crippen LogP contribution is 2.09. The minimum atomic E-state index is -1.02. The lowest BCUT2D eigenvalue weighted by molar-refractivity contribution is -0.139. The fourth-order valence-electron chi connectivity index (χ4n) is 1.21. The maximum absolute atomic E-state index is 11.7. The summed E-state index contributed by atoms with van der Waals surface area (Å²) in [6.45, 7) is 3.52. The van der Waals surface area contributed by atoms with Crippen molar-refractivity contribution in [2.24, 2.45) is 0 Å². The van der Waals surface area contributed by atoms with E-state index < -0.39 is 17.9 Å². The zero-order chi connectivity index (χ0) is 12.1. The first kappa shape index (κ1) is 12.6. The first-order valence-electron chi connectivity index (χ1n) is 4.88. The molecule has 2 N–H and O–H groups in total. The van der Waals surface area contributed by atoms with E-state index in [9.17, 15) is 9.59 Å². The molecule has 6 nitrogen and oxygen atoms in total. The van der Waals surface area contributed by atoms with Crippen molar-refractivity contribution in [3.8, 4) is 0 Å². The van der Waals surface area contributed by atoms with Gasteiger partial charge in [-0.15, -0.1) is 5.10 Å². The van der Waals surface area contributed by atoms with Gasteiger partial charge in [-0.3, -0.25) is 4.79 Å². The molecule has 88 valence electrons. The van der Waals surface area contributed by atoms with Crippen molar-refractivity contribution in [1.82, 2.24) is 14.9 Å². The van der Waals surface area contributed by atoms with Gasteiger partial charge in [0.1, 0.15) is 10.9 Å². The van der Waals surface area contributed by atoms with Crippen molar-refractivity contribution in [3.05, 3.63) is 10.6 Å². The number of aromatic nitrogens is 2. The van der Waals surface area contributed by atoms with Crippen LogP contribution in [0, 0.1) is 6.92 Å². The highest BCUT2D eigenvalue weighted by molar-refractivity contribution is 7.08. The number of carbonyl (C=O) groups is 2. The molecule has 1 atom stereocenters. The Morgan fingerprint density at radius 1 is 1.56 bits per heavy atom. The summed E-state index contributed by atoms with van der Waals surface area (Å²) in [6.07, 6.45) is 1.10. The van der Waals surface area contributed by atoms with Crippen LogP contribution < -0.4 is 5.32 Å². The predicted octanol–water partition coefficient (Wildman–Crippen LogP) is 0.830. The summed E-state index contributed by atoms with van der Waals surface area (Å²) in [4.78, 5) is 22.9. The van der Waals surface area contributed by atoms with Gasteiger partial charge in [-0.1, -0.05) is 17.8 Å². The van der Waals surface area contributed by atoms with Gasteiger partial charge in [-0.2, -0.15) is 0 Å². The summed E-state index contributed by atoms with van der Waals surface area (Å²) in [5.74, 6) is -1.45. The average molecular weight is 243 g/mol. The predicted molar refractivity (Wildman–Crippen MR) is 58.4 cm³/mol. The molecule has 0 aliphatic heterocycles. The van der Waals surface area contributed by atoms with E-state index in [2.05, 4.69) is 14.9 Å². The molecule has 1 amide bonds. The summed E-state index contributed by atoms with van der Waals surface area (Å²) in [5, 5.41) is 15.0. The van der Waals surface area contributed by atoms with Crippen LogP contribution in [0.4, 0.5) is 0 Å². The third-order valence-electron chi connectivity index (χ3n) is 2.04. The Labute approximate surface area is 96.8 Å². The Morgan fingerprint density at radius 2 is 2.25 bits per heavy atom. The van der Waals surface area contributed by atoms with Crippen LogP contribution in [0.25, 0.3) is 0 Å². The van der Waals surface area contributed by atoms with E-state index in [1.807, 2.05) is 6.92 Å². The lowest BCUT2D eigenvalue weighted by Gasteiger charge is -2.12. The van der Waals surface area contributed by atoms with Crippen molar-refractivity contribution in [2.45, 2.75) is 32.7 Å². The van der Waals surface area contributed by atoms with Crippen molar-refractivity contribution in [3.63, 3.8) is 0 Å². The van der Waals surface area contributed by atoms with Crippen LogP contribution in [0.15, 0.2) is 0 Å². The van der Waals surface area contributed by atoms with E-state index in [1.54, 1.807) is 6.92 Å².